The number of benzene rings is 1. The molecule has 1 heterocycles. The molecule has 0 aliphatic heterocycles. The first-order valence-corrected chi connectivity index (χ1v) is 8.72. The van der Waals surface area contributed by atoms with Gasteiger partial charge >= 0.3 is 0 Å². The summed E-state index contributed by atoms with van der Waals surface area (Å²) in [6.07, 6.45) is 5.30. The van der Waals surface area contributed by atoms with Gasteiger partial charge in [-0.2, -0.15) is 5.10 Å². The number of aryl methyl sites for hydroxylation is 2. The summed E-state index contributed by atoms with van der Waals surface area (Å²) in [7, 11) is 2.00. The van der Waals surface area contributed by atoms with Crippen LogP contribution in [0.15, 0.2) is 30.5 Å². The molecule has 0 aliphatic rings. The molecule has 114 valence electrons. The number of rotatable bonds is 7. The van der Waals surface area contributed by atoms with Crippen LogP contribution in [0.2, 0.25) is 0 Å². The van der Waals surface area contributed by atoms with E-state index in [2.05, 4.69) is 77.3 Å². The highest BCUT2D eigenvalue weighted by Crippen LogP contribution is 2.22. The van der Waals surface area contributed by atoms with E-state index in [4.69, 9.17) is 0 Å². The highest BCUT2D eigenvalue weighted by molar-refractivity contribution is 14.1. The molecule has 0 radical (unpaired) electrons. The molecule has 0 saturated carbocycles. The normalized spacial score (nSPS) is 12.6. The lowest BCUT2D eigenvalue weighted by Crippen LogP contribution is -2.24. The van der Waals surface area contributed by atoms with Gasteiger partial charge in [0.2, 0.25) is 0 Å². The van der Waals surface area contributed by atoms with Crippen LogP contribution in [0.1, 0.15) is 43.1 Å². The number of nitrogens with one attached hydrogen (secondary N) is 1. The summed E-state index contributed by atoms with van der Waals surface area (Å²) < 4.78 is 3.22. The Morgan fingerprint density at radius 2 is 1.95 bits per heavy atom. The molecule has 0 amide bonds. The molecule has 2 aromatic rings. The van der Waals surface area contributed by atoms with Crippen LogP contribution in [-0.2, 0) is 19.9 Å². The lowest BCUT2D eigenvalue weighted by molar-refractivity contribution is 0.525. The summed E-state index contributed by atoms with van der Waals surface area (Å²) in [6.45, 7) is 5.42. The third kappa shape index (κ3) is 4.54. The maximum absolute atomic E-state index is 4.59. The first-order valence-electron chi connectivity index (χ1n) is 7.64. The largest absolute Gasteiger partial charge is 0.310 e. The molecule has 1 aromatic heterocycles. The zero-order chi connectivity index (χ0) is 15.2. The van der Waals surface area contributed by atoms with Crippen LogP contribution in [0.5, 0.6) is 0 Å². The van der Waals surface area contributed by atoms with E-state index < -0.39 is 0 Å². The smallest absolute Gasteiger partial charge is 0.0669 e. The molecule has 0 aliphatic carbocycles. The molecule has 1 aromatic carbocycles. The van der Waals surface area contributed by atoms with Gasteiger partial charge < -0.3 is 5.32 Å². The average Bonchev–Trinajstić information content (AvgIpc) is 2.86. The molecule has 4 heteroatoms. The van der Waals surface area contributed by atoms with Gasteiger partial charge in [0.15, 0.2) is 0 Å². The van der Waals surface area contributed by atoms with E-state index >= 15 is 0 Å². The highest BCUT2D eigenvalue weighted by atomic mass is 127. The summed E-state index contributed by atoms with van der Waals surface area (Å²) in [5.74, 6) is 0. The maximum atomic E-state index is 4.59. The van der Waals surface area contributed by atoms with Gasteiger partial charge in [0.1, 0.15) is 0 Å². The van der Waals surface area contributed by atoms with Crippen molar-refractivity contribution in [1.82, 2.24) is 15.1 Å². The molecular formula is C17H24IN3. The molecular weight excluding hydrogens is 373 g/mol. The number of halogens is 1. The van der Waals surface area contributed by atoms with Crippen LogP contribution in [0.3, 0.4) is 0 Å². The molecule has 0 spiro atoms. The van der Waals surface area contributed by atoms with Crippen molar-refractivity contribution in [2.24, 2.45) is 7.05 Å². The predicted octanol–water partition coefficient (Wildman–Crippen LogP) is 3.87. The van der Waals surface area contributed by atoms with Gasteiger partial charge in [0, 0.05) is 28.4 Å². The fourth-order valence-corrected chi connectivity index (χ4v) is 2.95. The molecule has 0 bridgehead atoms. The lowest BCUT2D eigenvalue weighted by atomic mass is 9.98. The molecule has 21 heavy (non-hydrogen) atoms. The molecule has 1 unspecified atom stereocenters. The average molecular weight is 397 g/mol. The Hall–Kier alpha value is -0.880. The van der Waals surface area contributed by atoms with E-state index in [0.29, 0.717) is 6.04 Å². The molecule has 2 rings (SSSR count). The van der Waals surface area contributed by atoms with Crippen molar-refractivity contribution in [3.8, 4) is 0 Å². The van der Waals surface area contributed by atoms with Crippen molar-refractivity contribution in [3.05, 3.63) is 50.9 Å². The number of aromatic nitrogens is 2. The first-order chi connectivity index (χ1) is 10.1. The van der Waals surface area contributed by atoms with Crippen molar-refractivity contribution >= 4 is 22.6 Å². The monoisotopic (exact) mass is 397 g/mol. The molecule has 0 saturated heterocycles. The summed E-state index contributed by atoms with van der Waals surface area (Å²) in [4.78, 5) is 0. The van der Waals surface area contributed by atoms with Gasteiger partial charge in [-0.05, 0) is 66.1 Å². The van der Waals surface area contributed by atoms with E-state index in [-0.39, 0.29) is 0 Å². The molecule has 1 N–H and O–H groups in total. The van der Waals surface area contributed by atoms with Gasteiger partial charge in [-0.3, -0.25) is 4.68 Å². The zero-order valence-corrected chi connectivity index (χ0v) is 15.2. The van der Waals surface area contributed by atoms with Crippen LogP contribution in [0.4, 0.5) is 0 Å². The summed E-state index contributed by atoms with van der Waals surface area (Å²) in [6, 6.07) is 9.15. The van der Waals surface area contributed by atoms with Gasteiger partial charge in [0.25, 0.3) is 0 Å². The Labute approximate surface area is 141 Å². The van der Waals surface area contributed by atoms with Crippen LogP contribution >= 0.6 is 22.6 Å². The standard InChI is InChI=1S/C17H24IN3/c1-4-10-19-17(11-13-6-8-14(18)9-7-13)15-12-21(3)20-16(15)5-2/h6-9,12,17,19H,4-5,10-11H2,1-3H3. The van der Waals surface area contributed by atoms with Gasteiger partial charge in [-0.25, -0.2) is 0 Å². The van der Waals surface area contributed by atoms with E-state index in [1.54, 1.807) is 0 Å². The Kier molecular flexibility index (Phi) is 6.23. The van der Waals surface area contributed by atoms with E-state index in [1.807, 2.05) is 11.7 Å². The van der Waals surface area contributed by atoms with Crippen molar-refractivity contribution in [3.63, 3.8) is 0 Å². The summed E-state index contributed by atoms with van der Waals surface area (Å²) in [5, 5.41) is 8.27. The van der Waals surface area contributed by atoms with Gasteiger partial charge in [-0.1, -0.05) is 26.0 Å². The maximum Gasteiger partial charge on any atom is 0.0669 e. The molecule has 0 fully saturated rings. The minimum atomic E-state index is 0.341. The minimum Gasteiger partial charge on any atom is -0.310 e. The Balaban J connectivity index is 2.22. The number of nitrogens with zero attached hydrogens (tertiary/aromatic N) is 2. The second kappa shape index (κ2) is 7.94. The third-order valence-electron chi connectivity index (χ3n) is 3.64. The quantitative estimate of drug-likeness (QED) is 0.719. The summed E-state index contributed by atoms with van der Waals surface area (Å²) in [5.41, 5.74) is 3.92. The zero-order valence-electron chi connectivity index (χ0n) is 13.1. The second-order valence-electron chi connectivity index (χ2n) is 5.40. The Bertz CT molecular complexity index is 560. The van der Waals surface area contributed by atoms with E-state index in [9.17, 15) is 0 Å². The lowest BCUT2D eigenvalue weighted by Gasteiger charge is -2.19. The van der Waals surface area contributed by atoms with Gasteiger partial charge in [-0.15, -0.1) is 0 Å². The Morgan fingerprint density at radius 1 is 1.24 bits per heavy atom. The van der Waals surface area contributed by atoms with Crippen molar-refractivity contribution in [2.45, 2.75) is 39.2 Å². The van der Waals surface area contributed by atoms with Crippen molar-refractivity contribution in [2.75, 3.05) is 6.54 Å². The van der Waals surface area contributed by atoms with Crippen LogP contribution in [0.25, 0.3) is 0 Å². The van der Waals surface area contributed by atoms with Crippen molar-refractivity contribution in [1.29, 1.82) is 0 Å². The van der Waals surface area contributed by atoms with E-state index in [0.717, 1.165) is 25.8 Å². The fourth-order valence-electron chi connectivity index (χ4n) is 2.59. The summed E-state index contributed by atoms with van der Waals surface area (Å²) >= 11 is 2.35. The van der Waals surface area contributed by atoms with Crippen LogP contribution in [0, 0.1) is 3.57 Å². The van der Waals surface area contributed by atoms with Crippen LogP contribution < -0.4 is 5.32 Å². The number of hydrogen-bond acceptors (Lipinski definition) is 2. The minimum absolute atomic E-state index is 0.341. The molecule has 3 nitrogen and oxygen atoms in total. The SMILES string of the molecule is CCCNC(Cc1ccc(I)cc1)c1cn(C)nc1CC. The van der Waals surface area contributed by atoms with Crippen LogP contribution in [-0.4, -0.2) is 16.3 Å². The van der Waals surface area contributed by atoms with Gasteiger partial charge in [0.05, 0.1) is 5.69 Å². The highest BCUT2D eigenvalue weighted by Gasteiger charge is 2.17. The molecule has 1 atom stereocenters. The first kappa shape index (κ1) is 16.5. The second-order valence-corrected chi connectivity index (χ2v) is 6.64. The predicted molar refractivity (Wildman–Crippen MR) is 96.5 cm³/mol. The third-order valence-corrected chi connectivity index (χ3v) is 4.36. The Morgan fingerprint density at radius 3 is 2.57 bits per heavy atom. The number of hydrogen-bond donors (Lipinski definition) is 1. The fraction of sp³-hybridized carbons (Fsp3) is 0.471. The van der Waals surface area contributed by atoms with Crippen molar-refractivity contribution < 1.29 is 0 Å². The van der Waals surface area contributed by atoms with E-state index in [1.165, 1.54) is 20.4 Å². The topological polar surface area (TPSA) is 29.9 Å².